The van der Waals surface area contributed by atoms with Gasteiger partial charge in [0.1, 0.15) is 23.3 Å². The summed E-state index contributed by atoms with van der Waals surface area (Å²) >= 11 is 0. The van der Waals surface area contributed by atoms with Crippen LogP contribution in [0.15, 0.2) is 61.2 Å². The van der Waals surface area contributed by atoms with Crippen molar-refractivity contribution in [2.45, 2.75) is 36.5 Å². The molecular weight excluding hydrogens is 516 g/mol. The van der Waals surface area contributed by atoms with Crippen molar-refractivity contribution in [3.05, 3.63) is 72.3 Å². The molecule has 0 saturated carbocycles. The van der Waals surface area contributed by atoms with Crippen LogP contribution in [0.2, 0.25) is 0 Å². The monoisotopic (exact) mass is 558 g/mol. The summed E-state index contributed by atoms with van der Waals surface area (Å²) in [6, 6.07) is 16.6. The highest BCUT2D eigenvalue weighted by molar-refractivity contribution is 5.82. The molecule has 4 aromatic rings. The van der Waals surface area contributed by atoms with E-state index in [1.165, 1.54) is 11.1 Å². The number of ether oxygens (including phenoxy) is 2. The number of H-pyrrole nitrogens is 1. The summed E-state index contributed by atoms with van der Waals surface area (Å²) < 4.78 is 10.4. The van der Waals surface area contributed by atoms with Crippen LogP contribution < -0.4 is 31.2 Å². The highest BCUT2D eigenvalue weighted by Crippen LogP contribution is 2.37. The average molecular weight is 559 g/mol. The summed E-state index contributed by atoms with van der Waals surface area (Å²) in [5, 5.41) is 3.39. The van der Waals surface area contributed by atoms with E-state index < -0.39 is 0 Å². The van der Waals surface area contributed by atoms with Gasteiger partial charge in [0.2, 0.25) is 0 Å². The van der Waals surface area contributed by atoms with Crippen LogP contribution in [0.5, 0.6) is 11.5 Å². The van der Waals surface area contributed by atoms with Gasteiger partial charge in [0.15, 0.2) is 11.5 Å². The van der Waals surface area contributed by atoms with Gasteiger partial charge in [0, 0.05) is 37.0 Å². The van der Waals surface area contributed by atoms with E-state index in [-0.39, 0.29) is 10.8 Å². The fraction of sp³-hybridized carbons (Fsp3) is 0.452. The first kappa shape index (κ1) is 28.8. The lowest BCUT2D eigenvalue weighted by Gasteiger charge is -2.42. The first-order chi connectivity index (χ1) is 20.1. The lowest BCUT2D eigenvalue weighted by molar-refractivity contribution is 0.315. The largest absolute Gasteiger partial charge is 0.497 e. The van der Waals surface area contributed by atoms with E-state index in [1.54, 1.807) is 26.9 Å². The molecule has 2 fully saturated rings. The van der Waals surface area contributed by atoms with E-state index >= 15 is 0 Å². The van der Waals surface area contributed by atoms with Crippen molar-refractivity contribution in [2.75, 3.05) is 58.4 Å². The second-order valence-electron chi connectivity index (χ2n) is 11.0. The Hall–Kier alpha value is -3.73. The molecular formula is C31H42N8O2. The Kier molecular flexibility index (Phi) is 9.02. The van der Waals surface area contributed by atoms with Crippen molar-refractivity contribution >= 4 is 17.0 Å². The number of nitrogens with one attached hydrogen (secondary N) is 2. The Labute approximate surface area is 241 Å². The van der Waals surface area contributed by atoms with Gasteiger partial charge < -0.3 is 36.1 Å². The van der Waals surface area contributed by atoms with Gasteiger partial charge >= 0.3 is 0 Å². The molecule has 0 bridgehead atoms. The summed E-state index contributed by atoms with van der Waals surface area (Å²) in [5.74, 6) is 2.70. The minimum Gasteiger partial charge on any atom is -0.497 e. The molecule has 0 radical (unpaired) electrons. The van der Waals surface area contributed by atoms with Gasteiger partial charge in [-0.2, -0.15) is 0 Å². The van der Waals surface area contributed by atoms with Gasteiger partial charge in [-0.1, -0.05) is 24.3 Å². The maximum absolute atomic E-state index is 6.21. The van der Waals surface area contributed by atoms with Gasteiger partial charge in [0.05, 0.1) is 20.5 Å². The fourth-order valence-corrected chi connectivity index (χ4v) is 6.15. The third-order valence-electron chi connectivity index (χ3n) is 8.97. The Morgan fingerprint density at radius 2 is 1.29 bits per heavy atom. The van der Waals surface area contributed by atoms with Crippen molar-refractivity contribution in [3.63, 3.8) is 0 Å². The summed E-state index contributed by atoms with van der Waals surface area (Å²) in [5.41, 5.74) is 16.6. The van der Waals surface area contributed by atoms with Gasteiger partial charge in [0.25, 0.3) is 0 Å². The Morgan fingerprint density at radius 1 is 0.756 bits per heavy atom. The van der Waals surface area contributed by atoms with Crippen molar-refractivity contribution in [1.82, 2.24) is 25.3 Å². The highest BCUT2D eigenvalue weighted by atomic mass is 16.5. The molecule has 41 heavy (non-hydrogen) atoms. The number of aromatic nitrogens is 4. The fourth-order valence-electron chi connectivity index (χ4n) is 6.15. The van der Waals surface area contributed by atoms with Crippen LogP contribution in [0.25, 0.3) is 11.2 Å². The molecule has 2 aromatic heterocycles. The lowest BCUT2D eigenvalue weighted by atomic mass is 9.73. The van der Waals surface area contributed by atoms with Crippen molar-refractivity contribution < 1.29 is 9.47 Å². The number of aromatic amines is 1. The van der Waals surface area contributed by atoms with Crippen LogP contribution in [0.1, 0.15) is 36.8 Å². The van der Waals surface area contributed by atoms with Gasteiger partial charge in [-0.25, -0.2) is 15.0 Å². The van der Waals surface area contributed by atoms with Crippen LogP contribution in [0.4, 0.5) is 5.82 Å². The molecule has 2 saturated heterocycles. The van der Waals surface area contributed by atoms with E-state index in [1.807, 2.05) is 24.3 Å². The predicted molar refractivity (Wildman–Crippen MR) is 163 cm³/mol. The molecule has 2 aromatic carbocycles. The number of methoxy groups -OCH3 is 2. The zero-order valence-corrected chi connectivity index (χ0v) is 24.1. The van der Waals surface area contributed by atoms with E-state index in [2.05, 4.69) is 54.4 Å². The average Bonchev–Trinajstić information content (AvgIpc) is 3.55. The molecule has 2 aliphatic heterocycles. The van der Waals surface area contributed by atoms with E-state index in [9.17, 15) is 0 Å². The molecule has 4 heterocycles. The number of hydrogen-bond donors (Lipinski definition) is 4. The molecule has 0 spiro atoms. The summed E-state index contributed by atoms with van der Waals surface area (Å²) in [7, 11) is 3.38. The molecule has 0 aliphatic carbocycles. The number of nitrogens with two attached hydrogens (primary N) is 2. The lowest BCUT2D eigenvalue weighted by Crippen LogP contribution is -2.47. The third kappa shape index (κ3) is 6.00. The van der Waals surface area contributed by atoms with Crippen molar-refractivity contribution in [2.24, 2.45) is 11.5 Å². The molecule has 10 heteroatoms. The maximum atomic E-state index is 6.21. The third-order valence-corrected chi connectivity index (χ3v) is 8.97. The Balaban J connectivity index is 0.000000182. The van der Waals surface area contributed by atoms with Gasteiger partial charge in [-0.15, -0.1) is 0 Å². The van der Waals surface area contributed by atoms with Gasteiger partial charge in [-0.3, -0.25) is 0 Å². The maximum Gasteiger partial charge on any atom is 0.182 e. The molecule has 2 aliphatic rings. The topological polar surface area (TPSA) is 140 Å². The SMILES string of the molecule is COc1ccc(C2(CN)CCN(c3ncnc4nc[nH]c34)CC2)cc1.COc1ccc(C2(CN)CCNCC2)cc1. The summed E-state index contributed by atoms with van der Waals surface area (Å²) in [4.78, 5) is 18.3. The summed E-state index contributed by atoms with van der Waals surface area (Å²) in [6.07, 6.45) is 7.44. The number of imidazole rings is 1. The molecule has 6 N–H and O–H groups in total. The molecule has 0 amide bonds. The standard InChI is InChI=1S/C18H22N6O.C13H20N2O/c1-25-14-4-2-13(3-5-14)18(10-19)6-8-24(9-7-18)17-15-16(21-11-20-15)22-12-23-17;1-16-12-4-2-11(3-5-12)13(10-14)6-8-15-9-7-13/h2-5,11-12H,6-10,19H2,1H3,(H,20,21,22,23);2-5,15H,6-10,14H2,1H3. The van der Waals surface area contributed by atoms with E-state index in [4.69, 9.17) is 20.9 Å². The minimum absolute atomic E-state index is 0.00288. The number of benzene rings is 2. The molecule has 218 valence electrons. The van der Waals surface area contributed by atoms with Gasteiger partial charge in [-0.05, 0) is 74.2 Å². The zero-order valence-electron chi connectivity index (χ0n) is 24.1. The second-order valence-corrected chi connectivity index (χ2v) is 11.0. The number of hydrogen-bond acceptors (Lipinski definition) is 9. The molecule has 10 nitrogen and oxygen atoms in total. The summed E-state index contributed by atoms with van der Waals surface area (Å²) in [6.45, 7) is 5.27. The van der Waals surface area contributed by atoms with Crippen LogP contribution >= 0.6 is 0 Å². The predicted octanol–water partition coefficient (Wildman–Crippen LogP) is 3.13. The number of fused-ring (bicyclic) bond motifs is 1. The quantitative estimate of drug-likeness (QED) is 0.269. The van der Waals surface area contributed by atoms with E-state index in [0.29, 0.717) is 12.2 Å². The van der Waals surface area contributed by atoms with Crippen molar-refractivity contribution in [3.8, 4) is 11.5 Å². The van der Waals surface area contributed by atoms with Crippen LogP contribution in [-0.2, 0) is 10.8 Å². The van der Waals surface area contributed by atoms with E-state index in [0.717, 1.165) is 81.2 Å². The smallest absolute Gasteiger partial charge is 0.182 e. The molecule has 0 atom stereocenters. The van der Waals surface area contributed by atoms with Crippen LogP contribution in [-0.4, -0.2) is 73.4 Å². The number of nitrogens with zero attached hydrogens (tertiary/aromatic N) is 4. The van der Waals surface area contributed by atoms with Crippen molar-refractivity contribution in [1.29, 1.82) is 0 Å². The number of rotatable bonds is 7. The number of piperidine rings is 2. The van der Waals surface area contributed by atoms with Crippen LogP contribution in [0, 0.1) is 0 Å². The zero-order chi connectivity index (χ0) is 28.7. The normalized spacial score (nSPS) is 17.9. The number of anilines is 1. The molecule has 6 rings (SSSR count). The first-order valence-corrected chi connectivity index (χ1v) is 14.4. The minimum atomic E-state index is 0.00288. The highest BCUT2D eigenvalue weighted by Gasteiger charge is 2.36. The Morgan fingerprint density at radius 3 is 1.80 bits per heavy atom. The first-order valence-electron chi connectivity index (χ1n) is 14.4. The second kappa shape index (κ2) is 12.8. The molecule has 0 unspecified atom stereocenters. The van der Waals surface area contributed by atoms with Crippen LogP contribution in [0.3, 0.4) is 0 Å². The Bertz CT molecular complexity index is 1380.